The Morgan fingerprint density at radius 3 is 2.11 bits per heavy atom. The predicted molar refractivity (Wildman–Crippen MR) is 79.2 cm³/mol. The molecule has 1 aromatic rings. The zero-order valence-corrected chi connectivity index (χ0v) is 12.1. The number of nitrogens with zero attached hydrogens (tertiary/aromatic N) is 1. The number of alkyl halides is 2. The molecule has 0 saturated heterocycles. The van der Waals surface area contributed by atoms with E-state index in [1.165, 1.54) is 0 Å². The Balaban J connectivity index is 2.82. The van der Waals surface area contributed by atoms with E-state index in [1.807, 2.05) is 31.2 Å². The molecular weight excluding hydrogens is 269 g/mol. The van der Waals surface area contributed by atoms with Crippen molar-refractivity contribution in [1.29, 1.82) is 0 Å². The summed E-state index contributed by atoms with van der Waals surface area (Å²) in [5, 5.41) is 0. The van der Waals surface area contributed by atoms with Crippen molar-refractivity contribution in [2.45, 2.75) is 19.3 Å². The number of aldehydes is 1. The molecule has 0 aliphatic heterocycles. The van der Waals surface area contributed by atoms with Crippen LogP contribution in [-0.4, -0.2) is 31.1 Å². The van der Waals surface area contributed by atoms with E-state index in [0.717, 1.165) is 37.0 Å². The van der Waals surface area contributed by atoms with E-state index in [4.69, 9.17) is 23.2 Å². The van der Waals surface area contributed by atoms with Crippen LogP contribution in [0.5, 0.6) is 0 Å². The molecule has 0 aliphatic rings. The third kappa shape index (κ3) is 4.18. The Morgan fingerprint density at radius 2 is 1.72 bits per heavy atom. The van der Waals surface area contributed by atoms with E-state index < -0.39 is 0 Å². The molecule has 0 spiro atoms. The van der Waals surface area contributed by atoms with E-state index in [-0.39, 0.29) is 5.92 Å². The van der Waals surface area contributed by atoms with Crippen LogP contribution in [0.15, 0.2) is 24.3 Å². The van der Waals surface area contributed by atoms with Gasteiger partial charge in [-0.05, 0) is 24.1 Å². The summed E-state index contributed by atoms with van der Waals surface area (Å²) in [6.45, 7) is 3.57. The Hall–Kier alpha value is -0.730. The fourth-order valence-electron chi connectivity index (χ4n) is 1.92. The molecule has 18 heavy (non-hydrogen) atoms. The summed E-state index contributed by atoms with van der Waals surface area (Å²) in [5.41, 5.74) is 2.16. The first-order chi connectivity index (χ1) is 8.76. The lowest BCUT2D eigenvalue weighted by Gasteiger charge is -2.23. The van der Waals surface area contributed by atoms with Crippen molar-refractivity contribution < 1.29 is 4.79 Å². The maximum atomic E-state index is 10.9. The molecule has 0 N–H and O–H groups in total. The number of carbonyl (C=O) groups excluding carboxylic acids is 1. The standard InChI is InChI=1S/C14H19Cl2NO/c1-2-12(11-18)13-3-5-14(6-4-13)17(9-7-15)10-8-16/h3-6,11-12H,2,7-10H2,1H3. The van der Waals surface area contributed by atoms with Crippen molar-refractivity contribution in [3.63, 3.8) is 0 Å². The van der Waals surface area contributed by atoms with Gasteiger partial charge in [0.1, 0.15) is 6.29 Å². The monoisotopic (exact) mass is 287 g/mol. The maximum absolute atomic E-state index is 10.9. The van der Waals surface area contributed by atoms with Gasteiger partial charge in [0.2, 0.25) is 0 Å². The molecule has 1 aromatic carbocycles. The van der Waals surface area contributed by atoms with Gasteiger partial charge in [-0.2, -0.15) is 0 Å². The summed E-state index contributed by atoms with van der Waals surface area (Å²) in [7, 11) is 0. The minimum atomic E-state index is -0.00597. The maximum Gasteiger partial charge on any atom is 0.127 e. The third-order valence-electron chi connectivity index (χ3n) is 3.00. The summed E-state index contributed by atoms with van der Waals surface area (Å²) in [6, 6.07) is 8.07. The summed E-state index contributed by atoms with van der Waals surface area (Å²) >= 11 is 11.6. The molecule has 0 aromatic heterocycles. The lowest BCUT2D eigenvalue weighted by atomic mass is 9.98. The van der Waals surface area contributed by atoms with Gasteiger partial charge < -0.3 is 9.69 Å². The van der Waals surface area contributed by atoms with Gasteiger partial charge in [-0.1, -0.05) is 19.1 Å². The molecule has 2 nitrogen and oxygen atoms in total. The van der Waals surface area contributed by atoms with E-state index in [0.29, 0.717) is 11.8 Å². The second-order valence-electron chi connectivity index (χ2n) is 4.11. The molecule has 1 atom stereocenters. The third-order valence-corrected chi connectivity index (χ3v) is 3.34. The highest BCUT2D eigenvalue weighted by atomic mass is 35.5. The molecule has 0 amide bonds. The van der Waals surface area contributed by atoms with Gasteiger partial charge in [0, 0.05) is 36.5 Å². The first-order valence-corrected chi connectivity index (χ1v) is 7.25. The van der Waals surface area contributed by atoms with Crippen LogP contribution in [0, 0.1) is 0 Å². The minimum Gasteiger partial charge on any atom is -0.369 e. The van der Waals surface area contributed by atoms with Gasteiger partial charge in [0.15, 0.2) is 0 Å². The highest BCUT2D eigenvalue weighted by molar-refractivity contribution is 6.18. The van der Waals surface area contributed by atoms with Gasteiger partial charge in [0.25, 0.3) is 0 Å². The molecule has 1 unspecified atom stereocenters. The Labute approximate surface area is 119 Å². The van der Waals surface area contributed by atoms with Crippen molar-refractivity contribution in [3.8, 4) is 0 Å². The first kappa shape index (κ1) is 15.3. The van der Waals surface area contributed by atoms with Crippen molar-refractivity contribution >= 4 is 35.2 Å². The number of hydrogen-bond donors (Lipinski definition) is 0. The lowest BCUT2D eigenvalue weighted by Crippen LogP contribution is -2.27. The molecule has 0 saturated carbocycles. The van der Waals surface area contributed by atoms with E-state index in [1.54, 1.807) is 0 Å². The van der Waals surface area contributed by atoms with Gasteiger partial charge in [0.05, 0.1) is 0 Å². The number of carbonyl (C=O) groups is 1. The van der Waals surface area contributed by atoms with Crippen molar-refractivity contribution in [3.05, 3.63) is 29.8 Å². The summed E-state index contributed by atoms with van der Waals surface area (Å²) < 4.78 is 0. The summed E-state index contributed by atoms with van der Waals surface area (Å²) in [5.74, 6) is 1.14. The molecule has 0 heterocycles. The van der Waals surface area contributed by atoms with Crippen LogP contribution in [0.2, 0.25) is 0 Å². The second kappa shape index (κ2) is 8.39. The van der Waals surface area contributed by atoms with Gasteiger partial charge >= 0.3 is 0 Å². The molecule has 100 valence electrons. The van der Waals surface area contributed by atoms with Crippen LogP contribution < -0.4 is 4.90 Å². The zero-order valence-electron chi connectivity index (χ0n) is 10.6. The Bertz CT molecular complexity index is 347. The Kier molecular flexibility index (Phi) is 7.14. The first-order valence-electron chi connectivity index (χ1n) is 6.19. The van der Waals surface area contributed by atoms with Crippen LogP contribution in [0.25, 0.3) is 0 Å². The van der Waals surface area contributed by atoms with Crippen LogP contribution in [0.4, 0.5) is 5.69 Å². The van der Waals surface area contributed by atoms with Crippen molar-refractivity contribution in [2.24, 2.45) is 0 Å². The lowest BCUT2D eigenvalue weighted by molar-refractivity contribution is -0.109. The summed E-state index contributed by atoms with van der Waals surface area (Å²) in [6.07, 6.45) is 1.83. The molecule has 0 bridgehead atoms. The fourth-order valence-corrected chi connectivity index (χ4v) is 2.32. The van der Waals surface area contributed by atoms with Gasteiger partial charge in [-0.3, -0.25) is 0 Å². The minimum absolute atomic E-state index is 0.00597. The topological polar surface area (TPSA) is 20.3 Å². The predicted octanol–water partition coefficient (Wildman–Crippen LogP) is 3.66. The van der Waals surface area contributed by atoms with E-state index in [9.17, 15) is 4.79 Å². The molecule has 0 fully saturated rings. The average Bonchev–Trinajstić information content (AvgIpc) is 2.41. The number of hydrogen-bond acceptors (Lipinski definition) is 2. The van der Waals surface area contributed by atoms with Crippen molar-refractivity contribution in [2.75, 3.05) is 29.7 Å². The number of halogens is 2. The second-order valence-corrected chi connectivity index (χ2v) is 4.86. The van der Waals surface area contributed by atoms with Gasteiger partial charge in [-0.25, -0.2) is 0 Å². The number of rotatable bonds is 8. The van der Waals surface area contributed by atoms with Crippen LogP contribution in [-0.2, 0) is 4.79 Å². The largest absolute Gasteiger partial charge is 0.369 e. The zero-order chi connectivity index (χ0) is 13.4. The average molecular weight is 288 g/mol. The highest BCUT2D eigenvalue weighted by Gasteiger charge is 2.09. The number of anilines is 1. The molecule has 0 radical (unpaired) electrons. The Morgan fingerprint density at radius 1 is 1.17 bits per heavy atom. The van der Waals surface area contributed by atoms with Gasteiger partial charge in [-0.15, -0.1) is 23.2 Å². The van der Waals surface area contributed by atoms with Crippen LogP contribution >= 0.6 is 23.2 Å². The molecule has 4 heteroatoms. The smallest absolute Gasteiger partial charge is 0.127 e. The SMILES string of the molecule is CCC(C=O)c1ccc(N(CCCl)CCCl)cc1. The molecular formula is C14H19Cl2NO. The fraction of sp³-hybridized carbons (Fsp3) is 0.500. The normalized spacial score (nSPS) is 12.2. The van der Waals surface area contributed by atoms with Crippen molar-refractivity contribution in [1.82, 2.24) is 0 Å². The highest BCUT2D eigenvalue weighted by Crippen LogP contribution is 2.21. The van der Waals surface area contributed by atoms with Crippen LogP contribution in [0.3, 0.4) is 0 Å². The molecule has 1 rings (SSSR count). The summed E-state index contributed by atoms with van der Waals surface area (Å²) in [4.78, 5) is 13.1. The quantitative estimate of drug-likeness (QED) is 0.537. The van der Waals surface area contributed by atoms with Crippen LogP contribution in [0.1, 0.15) is 24.8 Å². The van der Waals surface area contributed by atoms with E-state index >= 15 is 0 Å². The number of benzene rings is 1. The molecule has 0 aliphatic carbocycles. The van der Waals surface area contributed by atoms with E-state index in [2.05, 4.69) is 4.90 Å².